The Hall–Kier alpha value is -1.79. The predicted octanol–water partition coefficient (Wildman–Crippen LogP) is 1.84. The SMILES string of the molecule is CN(C)C(c1ccccc1F)c1ncnn1CC(C)(C)O. The summed E-state index contributed by atoms with van der Waals surface area (Å²) in [5.41, 5.74) is -0.387. The maximum atomic E-state index is 14.1. The third-order valence-corrected chi connectivity index (χ3v) is 3.14. The summed E-state index contributed by atoms with van der Waals surface area (Å²) < 4.78 is 15.8. The average molecular weight is 292 g/mol. The minimum absolute atomic E-state index is 0.283. The molecule has 21 heavy (non-hydrogen) atoms. The summed E-state index contributed by atoms with van der Waals surface area (Å²) in [6.45, 7) is 3.69. The topological polar surface area (TPSA) is 54.2 Å². The molecule has 5 nitrogen and oxygen atoms in total. The van der Waals surface area contributed by atoms with E-state index in [1.807, 2.05) is 19.0 Å². The first-order valence-corrected chi connectivity index (χ1v) is 6.80. The Balaban J connectivity index is 2.46. The number of aliphatic hydroxyl groups is 1. The van der Waals surface area contributed by atoms with E-state index in [4.69, 9.17) is 0 Å². The largest absolute Gasteiger partial charge is 0.389 e. The molecular formula is C15H21FN4O. The summed E-state index contributed by atoms with van der Waals surface area (Å²) in [4.78, 5) is 6.15. The first kappa shape index (κ1) is 15.6. The van der Waals surface area contributed by atoms with Crippen molar-refractivity contribution in [2.24, 2.45) is 0 Å². The summed E-state index contributed by atoms with van der Waals surface area (Å²) in [7, 11) is 3.72. The number of hydrogen-bond donors (Lipinski definition) is 1. The van der Waals surface area contributed by atoms with Gasteiger partial charge in [-0.15, -0.1) is 0 Å². The standard InChI is InChI=1S/C15H21FN4O/c1-15(2,21)9-20-14(17-10-18-20)13(19(3)4)11-7-5-6-8-12(11)16/h5-8,10,13,21H,9H2,1-4H3. The zero-order valence-corrected chi connectivity index (χ0v) is 12.8. The maximum Gasteiger partial charge on any atom is 0.148 e. The van der Waals surface area contributed by atoms with Gasteiger partial charge in [0, 0.05) is 5.56 Å². The van der Waals surface area contributed by atoms with Crippen molar-refractivity contribution in [3.05, 3.63) is 47.8 Å². The van der Waals surface area contributed by atoms with Crippen molar-refractivity contribution in [2.75, 3.05) is 14.1 Å². The highest BCUT2D eigenvalue weighted by Crippen LogP contribution is 2.27. The fraction of sp³-hybridized carbons (Fsp3) is 0.467. The highest BCUT2D eigenvalue weighted by Gasteiger charge is 2.26. The lowest BCUT2D eigenvalue weighted by atomic mass is 10.0. The van der Waals surface area contributed by atoms with Crippen LogP contribution in [-0.4, -0.2) is 44.5 Å². The highest BCUT2D eigenvalue weighted by molar-refractivity contribution is 5.26. The molecule has 114 valence electrons. The van der Waals surface area contributed by atoms with Gasteiger partial charge in [0.2, 0.25) is 0 Å². The minimum atomic E-state index is -0.922. The van der Waals surface area contributed by atoms with E-state index in [-0.39, 0.29) is 11.9 Å². The summed E-state index contributed by atoms with van der Waals surface area (Å²) in [5.74, 6) is 0.321. The second-order valence-corrected chi connectivity index (χ2v) is 5.98. The van der Waals surface area contributed by atoms with Gasteiger partial charge in [0.05, 0.1) is 18.2 Å². The smallest absolute Gasteiger partial charge is 0.148 e. The van der Waals surface area contributed by atoms with Crippen LogP contribution in [-0.2, 0) is 6.54 Å². The first-order chi connectivity index (χ1) is 9.79. The minimum Gasteiger partial charge on any atom is -0.389 e. The van der Waals surface area contributed by atoms with Crippen LogP contribution in [0.4, 0.5) is 4.39 Å². The molecule has 6 heteroatoms. The van der Waals surface area contributed by atoms with Gasteiger partial charge >= 0.3 is 0 Å². The molecule has 0 aliphatic carbocycles. The van der Waals surface area contributed by atoms with Crippen LogP contribution in [0.3, 0.4) is 0 Å². The van der Waals surface area contributed by atoms with Gasteiger partial charge in [0.15, 0.2) is 0 Å². The Labute approximate surface area is 124 Å². The first-order valence-electron chi connectivity index (χ1n) is 6.80. The molecule has 0 amide bonds. The second kappa shape index (κ2) is 5.91. The average Bonchev–Trinajstić information content (AvgIpc) is 2.77. The Kier molecular flexibility index (Phi) is 4.39. The Morgan fingerprint density at radius 2 is 2.00 bits per heavy atom. The van der Waals surface area contributed by atoms with Crippen LogP contribution in [0.5, 0.6) is 0 Å². The van der Waals surface area contributed by atoms with Crippen LogP contribution in [0.2, 0.25) is 0 Å². The molecule has 1 aromatic carbocycles. The van der Waals surface area contributed by atoms with Crippen LogP contribution in [0, 0.1) is 5.82 Å². The van der Waals surface area contributed by atoms with E-state index in [2.05, 4.69) is 10.1 Å². The molecule has 0 aliphatic rings. The molecule has 0 spiro atoms. The Morgan fingerprint density at radius 3 is 2.57 bits per heavy atom. The number of hydrogen-bond acceptors (Lipinski definition) is 4. The summed E-state index contributed by atoms with van der Waals surface area (Å²) in [6.07, 6.45) is 1.43. The van der Waals surface area contributed by atoms with Crippen molar-refractivity contribution in [3.8, 4) is 0 Å². The van der Waals surface area contributed by atoms with E-state index < -0.39 is 5.60 Å². The lowest BCUT2D eigenvalue weighted by molar-refractivity contribution is 0.0554. The molecule has 2 rings (SSSR count). The van der Waals surface area contributed by atoms with Crippen LogP contribution in [0.25, 0.3) is 0 Å². The highest BCUT2D eigenvalue weighted by atomic mass is 19.1. The summed E-state index contributed by atoms with van der Waals surface area (Å²) in [6, 6.07) is 6.26. The van der Waals surface area contributed by atoms with E-state index >= 15 is 0 Å². The van der Waals surface area contributed by atoms with Crippen molar-refractivity contribution in [3.63, 3.8) is 0 Å². The summed E-state index contributed by atoms with van der Waals surface area (Å²) in [5, 5.41) is 14.1. The van der Waals surface area contributed by atoms with Gasteiger partial charge in [-0.25, -0.2) is 14.1 Å². The third-order valence-electron chi connectivity index (χ3n) is 3.14. The second-order valence-electron chi connectivity index (χ2n) is 5.98. The van der Waals surface area contributed by atoms with Gasteiger partial charge in [-0.1, -0.05) is 18.2 Å². The molecule has 1 heterocycles. The van der Waals surface area contributed by atoms with Crippen molar-refractivity contribution in [1.82, 2.24) is 19.7 Å². The van der Waals surface area contributed by atoms with Gasteiger partial charge in [-0.05, 0) is 34.0 Å². The molecule has 0 bridgehead atoms. The third kappa shape index (κ3) is 3.65. The Bertz CT molecular complexity index is 604. The molecule has 0 saturated carbocycles. The number of aromatic nitrogens is 3. The van der Waals surface area contributed by atoms with Crippen molar-refractivity contribution >= 4 is 0 Å². The van der Waals surface area contributed by atoms with Crippen molar-refractivity contribution in [1.29, 1.82) is 0 Å². The van der Waals surface area contributed by atoms with Crippen LogP contribution in [0.15, 0.2) is 30.6 Å². The fourth-order valence-corrected chi connectivity index (χ4v) is 2.32. The molecule has 2 aromatic rings. The van der Waals surface area contributed by atoms with Crippen LogP contribution in [0.1, 0.15) is 31.3 Å². The number of rotatable bonds is 5. The monoisotopic (exact) mass is 292 g/mol. The lowest BCUT2D eigenvalue weighted by Crippen LogP contribution is -2.31. The van der Waals surface area contributed by atoms with Gasteiger partial charge in [-0.3, -0.25) is 4.90 Å². The molecule has 0 radical (unpaired) electrons. The molecule has 1 N–H and O–H groups in total. The normalized spacial score (nSPS) is 13.7. The zero-order valence-electron chi connectivity index (χ0n) is 12.8. The van der Waals surface area contributed by atoms with Gasteiger partial charge in [0.25, 0.3) is 0 Å². The van der Waals surface area contributed by atoms with Gasteiger partial charge in [0.1, 0.15) is 18.0 Å². The molecule has 1 aromatic heterocycles. The van der Waals surface area contributed by atoms with Crippen LogP contribution >= 0.6 is 0 Å². The van der Waals surface area contributed by atoms with Crippen molar-refractivity contribution in [2.45, 2.75) is 32.0 Å². The predicted molar refractivity (Wildman–Crippen MR) is 78.2 cm³/mol. The van der Waals surface area contributed by atoms with E-state index in [0.717, 1.165) is 0 Å². The van der Waals surface area contributed by atoms with Crippen LogP contribution < -0.4 is 0 Å². The lowest BCUT2D eigenvalue weighted by Gasteiger charge is -2.26. The zero-order chi connectivity index (χ0) is 15.6. The van der Waals surface area contributed by atoms with E-state index in [0.29, 0.717) is 17.9 Å². The number of benzene rings is 1. The quantitative estimate of drug-likeness (QED) is 0.913. The number of nitrogens with zero attached hydrogens (tertiary/aromatic N) is 4. The molecule has 1 unspecified atom stereocenters. The molecule has 1 atom stereocenters. The van der Waals surface area contributed by atoms with Gasteiger partial charge in [-0.2, -0.15) is 5.10 Å². The molecule has 0 saturated heterocycles. The van der Waals surface area contributed by atoms with E-state index in [1.165, 1.54) is 12.4 Å². The molecule has 0 aliphatic heterocycles. The van der Waals surface area contributed by atoms with Gasteiger partial charge < -0.3 is 5.11 Å². The Morgan fingerprint density at radius 1 is 1.33 bits per heavy atom. The van der Waals surface area contributed by atoms with E-state index in [9.17, 15) is 9.50 Å². The van der Waals surface area contributed by atoms with Crippen molar-refractivity contribution < 1.29 is 9.50 Å². The summed E-state index contributed by atoms with van der Waals surface area (Å²) >= 11 is 0. The molecule has 0 fully saturated rings. The maximum absolute atomic E-state index is 14.1. The fourth-order valence-electron chi connectivity index (χ4n) is 2.32. The number of halogens is 1. The van der Waals surface area contributed by atoms with E-state index in [1.54, 1.807) is 36.7 Å². The molecular weight excluding hydrogens is 271 g/mol.